The summed E-state index contributed by atoms with van der Waals surface area (Å²) in [6, 6.07) is 37.3. The summed E-state index contributed by atoms with van der Waals surface area (Å²) in [5.74, 6) is 0. The Morgan fingerprint density at radius 3 is 1.48 bits per heavy atom. The first-order valence-electron chi connectivity index (χ1n) is 11.3. The van der Waals surface area contributed by atoms with E-state index in [1.807, 2.05) is 6.07 Å². The predicted molar refractivity (Wildman–Crippen MR) is 144 cm³/mol. The van der Waals surface area contributed by atoms with E-state index in [1.165, 1.54) is 65.7 Å². The quantitative estimate of drug-likeness (QED) is 0.234. The summed E-state index contributed by atoms with van der Waals surface area (Å²) in [6.07, 6.45) is 0. The van der Waals surface area contributed by atoms with Gasteiger partial charge < -0.3 is 0 Å². The summed E-state index contributed by atoms with van der Waals surface area (Å²) in [5.41, 5.74) is 7.46. The molecular weight excluding hydrogens is 420 g/mol. The zero-order chi connectivity index (χ0) is 22.5. The number of rotatable bonds is 2. The smallest absolute Gasteiger partial charge is 0.0412 e. The fraction of sp³-hybridized carbons (Fsp3) is 0.0625. The van der Waals surface area contributed by atoms with Gasteiger partial charge in [-0.2, -0.15) is 0 Å². The van der Waals surface area contributed by atoms with Gasteiger partial charge in [-0.15, -0.1) is 0 Å². The second kappa shape index (κ2) is 7.76. The molecule has 1 heteroatoms. The molecule has 0 spiro atoms. The molecule has 158 valence electrons. The van der Waals surface area contributed by atoms with Crippen molar-refractivity contribution in [1.29, 1.82) is 0 Å². The molecule has 0 N–H and O–H groups in total. The van der Waals surface area contributed by atoms with Crippen molar-refractivity contribution in [2.75, 3.05) is 0 Å². The van der Waals surface area contributed by atoms with Crippen LogP contribution >= 0.6 is 11.6 Å². The first kappa shape index (κ1) is 20.0. The van der Waals surface area contributed by atoms with E-state index >= 15 is 0 Å². The van der Waals surface area contributed by atoms with Gasteiger partial charge in [0.15, 0.2) is 0 Å². The van der Waals surface area contributed by atoms with Crippen molar-refractivity contribution < 1.29 is 0 Å². The molecule has 6 rings (SSSR count). The minimum Gasteiger partial charge on any atom is -0.0843 e. The number of aryl methyl sites for hydroxylation is 2. The first-order valence-corrected chi connectivity index (χ1v) is 11.7. The predicted octanol–water partition coefficient (Wildman–Crippen LogP) is 9.75. The molecule has 33 heavy (non-hydrogen) atoms. The molecule has 0 saturated heterocycles. The second-order valence-corrected chi connectivity index (χ2v) is 9.35. The monoisotopic (exact) mass is 442 g/mol. The van der Waals surface area contributed by atoms with Crippen LogP contribution in [0.4, 0.5) is 0 Å². The van der Waals surface area contributed by atoms with E-state index in [1.54, 1.807) is 0 Å². The average molecular weight is 443 g/mol. The molecule has 0 radical (unpaired) electrons. The highest BCUT2D eigenvalue weighted by atomic mass is 35.5. The third-order valence-corrected chi connectivity index (χ3v) is 6.90. The molecule has 6 aromatic rings. The zero-order valence-electron chi connectivity index (χ0n) is 18.7. The van der Waals surface area contributed by atoms with E-state index in [2.05, 4.69) is 111 Å². The molecule has 0 aliphatic carbocycles. The van der Waals surface area contributed by atoms with Gasteiger partial charge in [0.1, 0.15) is 0 Å². The summed E-state index contributed by atoms with van der Waals surface area (Å²) in [6.45, 7) is 4.26. The average Bonchev–Trinajstić information content (AvgIpc) is 2.84. The molecule has 0 aromatic heterocycles. The molecular formula is C32H23Cl. The van der Waals surface area contributed by atoms with Gasteiger partial charge in [0.25, 0.3) is 0 Å². The summed E-state index contributed by atoms with van der Waals surface area (Å²) < 4.78 is 0. The van der Waals surface area contributed by atoms with E-state index in [4.69, 9.17) is 11.6 Å². The molecule has 6 aromatic carbocycles. The zero-order valence-corrected chi connectivity index (χ0v) is 19.4. The second-order valence-electron chi connectivity index (χ2n) is 8.91. The minimum atomic E-state index is 0.759. The maximum absolute atomic E-state index is 6.49. The normalized spacial score (nSPS) is 11.5. The highest BCUT2D eigenvalue weighted by molar-refractivity contribution is 6.32. The Bertz CT molecular complexity index is 1660. The molecule has 0 fully saturated rings. The minimum absolute atomic E-state index is 0.759. The molecule has 0 heterocycles. The Kier molecular flexibility index (Phi) is 4.71. The van der Waals surface area contributed by atoms with E-state index in [0.717, 1.165) is 5.02 Å². The number of fused-ring (bicyclic) bond motifs is 5. The summed E-state index contributed by atoms with van der Waals surface area (Å²) >= 11 is 6.49. The third kappa shape index (κ3) is 3.39. The molecule has 0 unspecified atom stereocenters. The largest absolute Gasteiger partial charge is 0.0843 e. The van der Waals surface area contributed by atoms with Crippen LogP contribution in [0.15, 0.2) is 103 Å². The number of hydrogen-bond acceptors (Lipinski definition) is 0. The van der Waals surface area contributed by atoms with Gasteiger partial charge in [-0.25, -0.2) is 0 Å². The molecule has 0 bridgehead atoms. The lowest BCUT2D eigenvalue weighted by molar-refractivity contribution is 1.47. The lowest BCUT2D eigenvalue weighted by Crippen LogP contribution is -1.89. The van der Waals surface area contributed by atoms with Crippen molar-refractivity contribution in [1.82, 2.24) is 0 Å². The lowest BCUT2D eigenvalue weighted by Gasteiger charge is -2.16. The Morgan fingerprint density at radius 1 is 0.424 bits per heavy atom. The molecule has 0 amide bonds. The first-order chi connectivity index (χ1) is 16.1. The molecule has 0 saturated carbocycles. The van der Waals surface area contributed by atoms with Crippen molar-refractivity contribution >= 4 is 43.9 Å². The van der Waals surface area contributed by atoms with E-state index in [-0.39, 0.29) is 0 Å². The fourth-order valence-electron chi connectivity index (χ4n) is 4.92. The number of benzene rings is 6. The van der Waals surface area contributed by atoms with Gasteiger partial charge in [0.2, 0.25) is 0 Å². The standard InChI is InChI=1S/C32H23Cl/c1-20-7-11-22(12-8-20)28-18-32-27-16-15-24(33)17-30(27)29(23-13-9-21(2)10-14-23)19-31(32)26-6-4-3-5-25(26)28/h3-19H,1-2H3. The van der Waals surface area contributed by atoms with Gasteiger partial charge in [-0.1, -0.05) is 102 Å². The summed E-state index contributed by atoms with van der Waals surface area (Å²) in [4.78, 5) is 0. The maximum Gasteiger partial charge on any atom is 0.0412 e. The summed E-state index contributed by atoms with van der Waals surface area (Å²) in [5, 5.41) is 8.25. The highest BCUT2D eigenvalue weighted by Gasteiger charge is 2.14. The molecule has 0 aliphatic heterocycles. The van der Waals surface area contributed by atoms with Gasteiger partial charge in [-0.3, -0.25) is 0 Å². The van der Waals surface area contributed by atoms with Crippen LogP contribution in [0, 0.1) is 13.8 Å². The van der Waals surface area contributed by atoms with Crippen LogP contribution in [-0.2, 0) is 0 Å². The van der Waals surface area contributed by atoms with E-state index in [0.29, 0.717) is 0 Å². The van der Waals surface area contributed by atoms with Crippen LogP contribution in [0.1, 0.15) is 11.1 Å². The van der Waals surface area contributed by atoms with Gasteiger partial charge in [0.05, 0.1) is 0 Å². The topological polar surface area (TPSA) is 0 Å². The van der Waals surface area contributed by atoms with Gasteiger partial charge >= 0.3 is 0 Å². The van der Waals surface area contributed by atoms with Crippen LogP contribution in [0.5, 0.6) is 0 Å². The molecule has 0 atom stereocenters. The van der Waals surface area contributed by atoms with Crippen molar-refractivity contribution in [2.45, 2.75) is 13.8 Å². The highest BCUT2D eigenvalue weighted by Crippen LogP contribution is 2.42. The fourth-order valence-corrected chi connectivity index (χ4v) is 5.09. The van der Waals surface area contributed by atoms with Crippen molar-refractivity contribution in [3.8, 4) is 22.3 Å². The third-order valence-electron chi connectivity index (χ3n) is 6.66. The van der Waals surface area contributed by atoms with Gasteiger partial charge in [0, 0.05) is 5.02 Å². The van der Waals surface area contributed by atoms with E-state index < -0.39 is 0 Å². The Morgan fingerprint density at radius 2 is 0.909 bits per heavy atom. The molecule has 0 aliphatic rings. The Balaban J connectivity index is 1.78. The van der Waals surface area contributed by atoms with Crippen LogP contribution < -0.4 is 0 Å². The lowest BCUT2D eigenvalue weighted by atomic mass is 9.87. The Hall–Kier alpha value is -3.61. The van der Waals surface area contributed by atoms with Crippen LogP contribution in [0.3, 0.4) is 0 Å². The van der Waals surface area contributed by atoms with Crippen LogP contribution in [0.2, 0.25) is 5.02 Å². The van der Waals surface area contributed by atoms with Crippen molar-refractivity contribution in [3.05, 3.63) is 119 Å². The van der Waals surface area contributed by atoms with Crippen LogP contribution in [-0.4, -0.2) is 0 Å². The maximum atomic E-state index is 6.49. The SMILES string of the molecule is Cc1ccc(-c2cc3c4ccc(Cl)cc4c(-c4ccc(C)cc4)cc3c3ccccc23)cc1. The van der Waals surface area contributed by atoms with Gasteiger partial charge in [-0.05, 0) is 92.7 Å². The molecule has 0 nitrogen and oxygen atoms in total. The van der Waals surface area contributed by atoms with Crippen molar-refractivity contribution in [2.24, 2.45) is 0 Å². The number of hydrogen-bond donors (Lipinski definition) is 0. The van der Waals surface area contributed by atoms with Crippen LogP contribution in [0.25, 0.3) is 54.6 Å². The van der Waals surface area contributed by atoms with E-state index in [9.17, 15) is 0 Å². The van der Waals surface area contributed by atoms with Crippen molar-refractivity contribution in [3.63, 3.8) is 0 Å². The number of halogens is 1. The summed E-state index contributed by atoms with van der Waals surface area (Å²) in [7, 11) is 0. The Labute approximate surface area is 199 Å².